The first-order valence-corrected chi connectivity index (χ1v) is 20.7. The summed E-state index contributed by atoms with van der Waals surface area (Å²) in [6.45, 7) is 21.5. The van der Waals surface area contributed by atoms with Crippen molar-refractivity contribution < 1.29 is 27.8 Å². The number of ether oxygens (including phenoxy) is 3. The number of fused-ring (bicyclic) bond motifs is 1. The van der Waals surface area contributed by atoms with Crippen molar-refractivity contribution in [1.29, 1.82) is 0 Å². The van der Waals surface area contributed by atoms with Crippen molar-refractivity contribution >= 4 is 31.3 Å². The Kier molecular flexibility index (Phi) is 14.0. The molecule has 0 radical (unpaired) electrons. The lowest BCUT2D eigenvalue weighted by atomic mass is 10.0. The number of hydrogen-bond donors (Lipinski definition) is 0. The first kappa shape index (κ1) is 39.4. The van der Waals surface area contributed by atoms with Crippen molar-refractivity contribution in [2.24, 2.45) is 0 Å². The van der Waals surface area contributed by atoms with Gasteiger partial charge in [0.05, 0.1) is 12.6 Å². The Morgan fingerprint density at radius 3 is 2.34 bits per heavy atom. The molecule has 274 valence electrons. The van der Waals surface area contributed by atoms with Crippen LogP contribution in [0.3, 0.4) is 0 Å². The Labute approximate surface area is 301 Å². The topological polar surface area (TPSA) is 57.2 Å². The van der Waals surface area contributed by atoms with E-state index in [0.717, 1.165) is 54.2 Å². The van der Waals surface area contributed by atoms with E-state index in [0.29, 0.717) is 54.2 Å². The van der Waals surface area contributed by atoms with Crippen molar-refractivity contribution in [3.63, 3.8) is 0 Å². The van der Waals surface area contributed by atoms with Crippen LogP contribution in [0.4, 0.5) is 9.18 Å². The van der Waals surface area contributed by atoms with Gasteiger partial charge in [0.15, 0.2) is 0 Å². The maximum absolute atomic E-state index is 15.6. The van der Waals surface area contributed by atoms with E-state index in [-0.39, 0.29) is 18.0 Å². The van der Waals surface area contributed by atoms with Gasteiger partial charge in [-0.3, -0.25) is 0 Å². The van der Waals surface area contributed by atoms with Gasteiger partial charge in [-0.25, -0.2) is 9.18 Å². The predicted molar refractivity (Wildman–Crippen MR) is 206 cm³/mol. The van der Waals surface area contributed by atoms with Crippen LogP contribution in [0.2, 0.25) is 16.6 Å². The highest BCUT2D eigenvalue weighted by Gasteiger charge is 2.47. The summed E-state index contributed by atoms with van der Waals surface area (Å²) in [5.41, 5.74) is 2.26. The van der Waals surface area contributed by atoms with Crippen LogP contribution < -0.4 is 9.16 Å². The summed E-state index contributed by atoms with van der Waals surface area (Å²) >= 11 is 0. The molecule has 0 saturated carbocycles. The molecule has 8 heteroatoms. The Hall–Kier alpha value is -3.36. The van der Waals surface area contributed by atoms with E-state index in [1.165, 1.54) is 6.07 Å². The van der Waals surface area contributed by atoms with Gasteiger partial charge in [0, 0.05) is 30.2 Å². The molecule has 0 spiro atoms. The molecular weight excluding hydrogens is 646 g/mol. The molecule has 1 fully saturated rings. The molecule has 1 amide bonds. The molecule has 1 atom stereocenters. The van der Waals surface area contributed by atoms with Crippen LogP contribution in [0.5, 0.6) is 11.5 Å². The van der Waals surface area contributed by atoms with Crippen molar-refractivity contribution in [2.45, 2.75) is 129 Å². The van der Waals surface area contributed by atoms with E-state index in [9.17, 15) is 4.79 Å². The quantitative estimate of drug-likeness (QED) is 0.123. The molecule has 0 aromatic heterocycles. The second kappa shape index (κ2) is 17.7. The average molecular weight is 706 g/mol. The zero-order chi connectivity index (χ0) is 36.5. The van der Waals surface area contributed by atoms with Gasteiger partial charge >= 0.3 is 6.09 Å². The summed E-state index contributed by atoms with van der Waals surface area (Å²) in [5, 5.41) is 1.63. The van der Waals surface area contributed by atoms with E-state index in [1.807, 2.05) is 75.4 Å². The molecule has 6 nitrogen and oxygen atoms in total. The number of rotatable bonds is 14. The van der Waals surface area contributed by atoms with E-state index < -0.39 is 13.9 Å². The maximum atomic E-state index is 15.6. The zero-order valence-corrected chi connectivity index (χ0v) is 32.9. The van der Waals surface area contributed by atoms with Gasteiger partial charge in [0.2, 0.25) is 0 Å². The number of carbonyl (C=O) groups is 1. The molecule has 3 aromatic rings. The lowest BCUT2D eigenvalue weighted by Crippen LogP contribution is -2.50. The molecule has 1 aliphatic heterocycles. The predicted octanol–water partition coefficient (Wildman–Crippen LogP) is 11.7. The maximum Gasteiger partial charge on any atom is 0.410 e. The largest absolute Gasteiger partial charge is 0.543 e. The summed E-state index contributed by atoms with van der Waals surface area (Å²) in [6, 6.07) is 17.4. The highest BCUT2D eigenvalue weighted by atomic mass is 28.4. The summed E-state index contributed by atoms with van der Waals surface area (Å²) in [7, 11) is -2.24. The lowest BCUT2D eigenvalue weighted by Gasteiger charge is -2.42. The SMILES string of the molecule is CC(C)[Si](Oc1cc(OCc2ccccc2)c2c(/C=C\CCCOC3CCCCN(C(=O)OC(C)(C)C)C3)c(F)ccc2c1)(C(C)C)C(C)C. The van der Waals surface area contributed by atoms with E-state index in [2.05, 4.69) is 47.6 Å². The Bertz CT molecular complexity index is 1540. The number of likely N-dealkylation sites (tertiary alicyclic amines) is 1. The van der Waals surface area contributed by atoms with Gasteiger partial charge in [-0.2, -0.15) is 0 Å². The van der Waals surface area contributed by atoms with Crippen LogP contribution >= 0.6 is 0 Å². The van der Waals surface area contributed by atoms with Crippen molar-refractivity contribution in [1.82, 2.24) is 4.90 Å². The number of hydrogen-bond acceptors (Lipinski definition) is 5. The first-order valence-electron chi connectivity index (χ1n) is 18.6. The molecule has 0 bridgehead atoms. The fourth-order valence-electron chi connectivity index (χ4n) is 7.42. The first-order chi connectivity index (χ1) is 23.7. The Morgan fingerprint density at radius 2 is 1.68 bits per heavy atom. The van der Waals surface area contributed by atoms with Gasteiger partial charge < -0.3 is 23.5 Å². The number of unbranched alkanes of at least 4 members (excludes halogenated alkanes) is 1. The summed E-state index contributed by atoms with van der Waals surface area (Å²) < 4.78 is 41.0. The summed E-state index contributed by atoms with van der Waals surface area (Å²) in [6.07, 6.45) is 7.98. The number of nitrogens with zero attached hydrogens (tertiary/aromatic N) is 1. The van der Waals surface area contributed by atoms with Crippen molar-refractivity contribution in [2.75, 3.05) is 19.7 Å². The van der Waals surface area contributed by atoms with Crippen LogP contribution in [0.1, 0.15) is 106 Å². The molecule has 0 aliphatic carbocycles. The van der Waals surface area contributed by atoms with Gasteiger partial charge in [-0.05, 0) is 92.6 Å². The molecule has 1 saturated heterocycles. The van der Waals surface area contributed by atoms with Crippen LogP contribution in [0, 0.1) is 5.82 Å². The fourth-order valence-corrected chi connectivity index (χ4v) is 12.6. The van der Waals surface area contributed by atoms with Gasteiger partial charge in [0.1, 0.15) is 29.5 Å². The monoisotopic (exact) mass is 705 g/mol. The molecule has 1 aliphatic rings. The minimum atomic E-state index is -2.24. The molecule has 1 heterocycles. The Morgan fingerprint density at radius 1 is 0.980 bits per heavy atom. The number of allylic oxidation sites excluding steroid dienone is 1. The van der Waals surface area contributed by atoms with E-state index >= 15 is 4.39 Å². The smallest absolute Gasteiger partial charge is 0.410 e. The normalized spacial score (nSPS) is 16.1. The van der Waals surface area contributed by atoms with Crippen LogP contribution in [0.25, 0.3) is 16.8 Å². The lowest BCUT2D eigenvalue weighted by molar-refractivity contribution is 0.000846. The Balaban J connectivity index is 1.52. The van der Waals surface area contributed by atoms with Crippen molar-refractivity contribution in [3.8, 4) is 11.5 Å². The second-order valence-corrected chi connectivity index (χ2v) is 21.0. The van der Waals surface area contributed by atoms with E-state index in [4.69, 9.17) is 18.6 Å². The average Bonchev–Trinajstić information content (AvgIpc) is 3.30. The summed E-state index contributed by atoms with van der Waals surface area (Å²) in [5.74, 6) is 1.11. The minimum Gasteiger partial charge on any atom is -0.543 e. The zero-order valence-electron chi connectivity index (χ0n) is 31.9. The van der Waals surface area contributed by atoms with Crippen LogP contribution in [-0.2, 0) is 16.1 Å². The second-order valence-electron chi connectivity index (χ2n) is 15.6. The van der Waals surface area contributed by atoms with Crippen LogP contribution in [-0.4, -0.2) is 50.7 Å². The fraction of sp³-hybridized carbons (Fsp3) is 0.548. The van der Waals surface area contributed by atoms with Crippen LogP contribution in [0.15, 0.2) is 60.7 Å². The number of halogens is 1. The highest BCUT2D eigenvalue weighted by molar-refractivity contribution is 6.78. The molecule has 50 heavy (non-hydrogen) atoms. The third-order valence-electron chi connectivity index (χ3n) is 9.71. The molecule has 4 rings (SSSR count). The highest BCUT2D eigenvalue weighted by Crippen LogP contribution is 2.45. The number of benzene rings is 3. The van der Waals surface area contributed by atoms with Crippen molar-refractivity contribution in [3.05, 3.63) is 77.6 Å². The minimum absolute atomic E-state index is 0.0193. The molecule has 0 N–H and O–H groups in total. The number of carbonyl (C=O) groups excluding carboxylic acids is 1. The molecule has 3 aromatic carbocycles. The third-order valence-corrected chi connectivity index (χ3v) is 15.7. The standard InChI is InChI=1S/C42H60FNO5Si/c1-30(2)50(31(3)4,32(5)6)49-36-26-34-22-23-38(43)37(40(34)39(27-36)47-29-33-18-12-10-13-19-33)21-14-11-17-25-46-35-20-15-16-24-44(28-35)41(45)48-42(7,8)9/h10,12-14,18-19,21-23,26-27,30-32,35H,11,15-17,20,24-25,28-29H2,1-9H3/b21-14-. The van der Waals surface area contributed by atoms with Gasteiger partial charge in [-0.1, -0.05) is 90.1 Å². The van der Waals surface area contributed by atoms with Gasteiger partial charge in [-0.15, -0.1) is 0 Å². The van der Waals surface area contributed by atoms with E-state index in [1.54, 1.807) is 4.90 Å². The summed E-state index contributed by atoms with van der Waals surface area (Å²) in [4.78, 5) is 14.4. The number of amides is 1. The van der Waals surface area contributed by atoms with Gasteiger partial charge in [0.25, 0.3) is 8.32 Å². The molecule has 1 unspecified atom stereocenters. The third kappa shape index (κ3) is 10.3. The molecular formula is C42H60FNO5Si.